The smallest absolute Gasteiger partial charge is 0.390 e. The Kier molecular flexibility index (Phi) is 3.37. The molecule has 0 radical (unpaired) electrons. The van der Waals surface area contributed by atoms with Gasteiger partial charge in [0.1, 0.15) is 6.54 Å². The van der Waals surface area contributed by atoms with Gasteiger partial charge in [0, 0.05) is 17.6 Å². The summed E-state index contributed by atoms with van der Waals surface area (Å²) in [6.45, 7) is 3.44. The van der Waals surface area contributed by atoms with Gasteiger partial charge in [-0.05, 0) is 16.8 Å². The maximum atomic E-state index is 12.0. The zero-order valence-corrected chi connectivity index (χ0v) is 10.5. The molecule has 0 saturated heterocycles. The Bertz CT molecular complexity index is 631. The molecule has 1 aromatic heterocycles. The topological polar surface area (TPSA) is 90.9 Å². The van der Waals surface area contributed by atoms with Crippen LogP contribution in [0.3, 0.4) is 0 Å². The Hall–Kier alpha value is -2.57. The monoisotopic (exact) mass is 260 g/mol. The number of carbonyl (C=O) groups is 1. The molecule has 2 aromatic rings. The highest BCUT2D eigenvalue weighted by molar-refractivity contribution is 5.95. The Balaban J connectivity index is 2.19. The van der Waals surface area contributed by atoms with Crippen LogP contribution in [-0.4, -0.2) is 25.5 Å². The van der Waals surface area contributed by atoms with Crippen LogP contribution in [0, 0.1) is 24.0 Å². The van der Waals surface area contributed by atoms with Crippen LogP contribution >= 0.6 is 0 Å². The number of nitrogens with zero attached hydrogens (tertiary/aromatic N) is 4. The van der Waals surface area contributed by atoms with E-state index in [0.29, 0.717) is 11.4 Å². The summed E-state index contributed by atoms with van der Waals surface area (Å²) >= 11 is 0. The number of Topliss-reactive ketones (excluding diaryl/α,β-unsaturated/α-hetero) is 1. The SMILES string of the molecule is Cc1ccc(C(=O)Cn2nc([N+](=O)[O-])nc2C)cc1. The minimum Gasteiger partial charge on any atom is -0.390 e. The lowest BCUT2D eigenvalue weighted by Gasteiger charge is -2.00. The van der Waals surface area contributed by atoms with Crippen molar-refractivity contribution in [2.75, 3.05) is 0 Å². The molecule has 0 unspecified atom stereocenters. The molecule has 19 heavy (non-hydrogen) atoms. The van der Waals surface area contributed by atoms with Crippen LogP contribution < -0.4 is 0 Å². The van der Waals surface area contributed by atoms with E-state index in [1.54, 1.807) is 19.1 Å². The van der Waals surface area contributed by atoms with Gasteiger partial charge in [0.15, 0.2) is 5.78 Å². The molecule has 7 nitrogen and oxygen atoms in total. The van der Waals surface area contributed by atoms with Crippen molar-refractivity contribution in [1.29, 1.82) is 0 Å². The van der Waals surface area contributed by atoms with E-state index in [0.717, 1.165) is 5.56 Å². The van der Waals surface area contributed by atoms with Crippen LogP contribution in [0.2, 0.25) is 0 Å². The molecule has 2 rings (SSSR count). The molecule has 1 heterocycles. The van der Waals surface area contributed by atoms with Crippen molar-refractivity contribution in [3.05, 3.63) is 51.3 Å². The maximum Gasteiger partial charge on any atom is 0.491 e. The molecule has 1 aromatic carbocycles. The average molecular weight is 260 g/mol. The fourth-order valence-electron chi connectivity index (χ4n) is 1.60. The second-order valence-corrected chi connectivity index (χ2v) is 4.16. The predicted molar refractivity (Wildman–Crippen MR) is 66.9 cm³/mol. The first-order chi connectivity index (χ1) is 8.97. The van der Waals surface area contributed by atoms with Crippen molar-refractivity contribution in [3.63, 3.8) is 0 Å². The molecule has 0 saturated carbocycles. The van der Waals surface area contributed by atoms with Gasteiger partial charge in [0.2, 0.25) is 5.82 Å². The molecule has 7 heteroatoms. The van der Waals surface area contributed by atoms with Crippen molar-refractivity contribution < 1.29 is 9.72 Å². The van der Waals surface area contributed by atoms with E-state index in [1.807, 2.05) is 19.1 Å². The number of aromatic nitrogens is 3. The molecule has 98 valence electrons. The van der Waals surface area contributed by atoms with Crippen molar-refractivity contribution >= 4 is 11.7 Å². The lowest BCUT2D eigenvalue weighted by atomic mass is 10.1. The molecule has 0 bridgehead atoms. The third-order valence-corrected chi connectivity index (χ3v) is 2.68. The van der Waals surface area contributed by atoms with Gasteiger partial charge in [-0.2, -0.15) is 4.68 Å². The fraction of sp³-hybridized carbons (Fsp3) is 0.250. The number of nitro groups is 1. The molecular weight excluding hydrogens is 248 g/mol. The lowest BCUT2D eigenvalue weighted by molar-refractivity contribution is -0.394. The zero-order valence-electron chi connectivity index (χ0n) is 10.5. The first-order valence-corrected chi connectivity index (χ1v) is 5.63. The number of rotatable bonds is 4. The van der Waals surface area contributed by atoms with E-state index < -0.39 is 10.9 Å². The highest BCUT2D eigenvalue weighted by atomic mass is 16.6. The molecule has 0 aliphatic carbocycles. The maximum absolute atomic E-state index is 12.0. The van der Waals surface area contributed by atoms with Gasteiger partial charge in [-0.25, -0.2) is 0 Å². The average Bonchev–Trinajstić information content (AvgIpc) is 2.72. The Morgan fingerprint density at radius 2 is 1.95 bits per heavy atom. The van der Waals surface area contributed by atoms with E-state index >= 15 is 0 Å². The van der Waals surface area contributed by atoms with Crippen LogP contribution in [0.5, 0.6) is 0 Å². The van der Waals surface area contributed by atoms with Gasteiger partial charge < -0.3 is 10.1 Å². The summed E-state index contributed by atoms with van der Waals surface area (Å²) in [6, 6.07) is 7.12. The molecule has 0 aliphatic rings. The number of aryl methyl sites for hydroxylation is 2. The number of carbonyl (C=O) groups excluding carboxylic acids is 1. The van der Waals surface area contributed by atoms with E-state index in [2.05, 4.69) is 10.1 Å². The highest BCUT2D eigenvalue weighted by Gasteiger charge is 2.20. The van der Waals surface area contributed by atoms with Crippen LogP contribution in [0.4, 0.5) is 5.95 Å². The van der Waals surface area contributed by atoms with Gasteiger partial charge in [-0.15, -0.1) is 0 Å². The molecule has 0 fully saturated rings. The second kappa shape index (κ2) is 4.97. The largest absolute Gasteiger partial charge is 0.491 e. The first kappa shape index (κ1) is 12.9. The Morgan fingerprint density at radius 3 is 2.47 bits per heavy atom. The van der Waals surface area contributed by atoms with Crippen LogP contribution in [0.1, 0.15) is 21.7 Å². The number of ketones is 1. The summed E-state index contributed by atoms with van der Waals surface area (Å²) in [5, 5.41) is 14.2. The van der Waals surface area contributed by atoms with Gasteiger partial charge in [0.05, 0.1) is 0 Å². The van der Waals surface area contributed by atoms with Crippen molar-refractivity contribution in [2.24, 2.45) is 0 Å². The number of hydrogen-bond donors (Lipinski definition) is 0. The first-order valence-electron chi connectivity index (χ1n) is 5.63. The minimum absolute atomic E-state index is 0.0598. The lowest BCUT2D eigenvalue weighted by Crippen LogP contribution is -2.13. The van der Waals surface area contributed by atoms with Crippen LogP contribution in [-0.2, 0) is 6.54 Å². The third-order valence-electron chi connectivity index (χ3n) is 2.68. The second-order valence-electron chi connectivity index (χ2n) is 4.16. The molecular formula is C12H12N4O3. The molecule has 0 spiro atoms. The van der Waals surface area contributed by atoms with Gasteiger partial charge in [-0.1, -0.05) is 29.8 Å². The summed E-state index contributed by atoms with van der Waals surface area (Å²) in [4.78, 5) is 25.5. The van der Waals surface area contributed by atoms with Crippen LogP contribution in [0.25, 0.3) is 0 Å². The summed E-state index contributed by atoms with van der Waals surface area (Å²) in [5.74, 6) is -0.315. The van der Waals surface area contributed by atoms with Gasteiger partial charge >= 0.3 is 5.95 Å². The summed E-state index contributed by atoms with van der Waals surface area (Å²) in [7, 11) is 0. The predicted octanol–water partition coefficient (Wildman–Crippen LogP) is 1.69. The van der Waals surface area contributed by atoms with Gasteiger partial charge in [-0.3, -0.25) is 4.79 Å². The van der Waals surface area contributed by atoms with E-state index in [9.17, 15) is 14.9 Å². The fourth-order valence-corrected chi connectivity index (χ4v) is 1.60. The third kappa shape index (κ3) is 2.82. The standard InChI is InChI=1S/C12H12N4O3/c1-8-3-5-10(6-4-8)11(17)7-15-9(2)13-12(14-15)16(18)19/h3-6H,7H2,1-2H3. The zero-order chi connectivity index (χ0) is 14.0. The summed E-state index contributed by atoms with van der Waals surface area (Å²) in [5.41, 5.74) is 1.60. The van der Waals surface area contributed by atoms with Crippen LogP contribution in [0.15, 0.2) is 24.3 Å². The minimum atomic E-state index is -0.681. The van der Waals surface area contributed by atoms with E-state index in [1.165, 1.54) is 4.68 Å². The molecule has 0 aliphatic heterocycles. The normalized spacial score (nSPS) is 10.4. The number of hydrogen-bond acceptors (Lipinski definition) is 5. The van der Waals surface area contributed by atoms with Gasteiger partial charge in [0.25, 0.3) is 0 Å². The van der Waals surface area contributed by atoms with E-state index in [4.69, 9.17) is 0 Å². The molecule has 0 amide bonds. The number of benzene rings is 1. The van der Waals surface area contributed by atoms with E-state index in [-0.39, 0.29) is 12.3 Å². The van der Waals surface area contributed by atoms with Crippen molar-refractivity contribution in [3.8, 4) is 0 Å². The Labute approximate surface area is 109 Å². The Morgan fingerprint density at radius 1 is 1.32 bits per heavy atom. The summed E-state index contributed by atoms with van der Waals surface area (Å²) < 4.78 is 1.24. The van der Waals surface area contributed by atoms with Crippen molar-refractivity contribution in [1.82, 2.24) is 14.8 Å². The summed E-state index contributed by atoms with van der Waals surface area (Å²) in [6.07, 6.45) is 0. The quantitative estimate of drug-likeness (QED) is 0.474. The molecule has 0 atom stereocenters. The molecule has 0 N–H and O–H groups in total. The highest BCUT2D eigenvalue weighted by Crippen LogP contribution is 2.08. The van der Waals surface area contributed by atoms with Crippen molar-refractivity contribution in [2.45, 2.75) is 20.4 Å².